The molecule has 2 rings (SSSR count). The van der Waals surface area contributed by atoms with Gasteiger partial charge in [-0.2, -0.15) is 18.3 Å². The molecule has 0 atom stereocenters. The molecule has 0 unspecified atom stereocenters. The number of rotatable bonds is 3. The Kier molecular flexibility index (Phi) is 4.46. The van der Waals surface area contributed by atoms with Gasteiger partial charge in [0.2, 0.25) is 0 Å². The van der Waals surface area contributed by atoms with Gasteiger partial charge in [-0.15, -0.1) is 0 Å². The summed E-state index contributed by atoms with van der Waals surface area (Å²) in [6, 6.07) is 7.83. The van der Waals surface area contributed by atoms with Gasteiger partial charge in [0.05, 0.1) is 11.8 Å². The van der Waals surface area contributed by atoms with Crippen LogP contribution in [0.1, 0.15) is 21.7 Å². The third-order valence-electron chi connectivity index (χ3n) is 2.43. The second-order valence-electron chi connectivity index (χ2n) is 3.89. The molecule has 0 fully saturated rings. The van der Waals surface area contributed by atoms with Crippen LogP contribution in [0.5, 0.6) is 0 Å². The van der Waals surface area contributed by atoms with Crippen LogP contribution in [0.2, 0.25) is 0 Å². The van der Waals surface area contributed by atoms with Gasteiger partial charge in [-0.05, 0) is 34.1 Å². The molecule has 0 saturated heterocycles. The van der Waals surface area contributed by atoms with Gasteiger partial charge in [-0.3, -0.25) is 4.79 Å². The highest BCUT2D eigenvalue weighted by Crippen LogP contribution is 2.31. The van der Waals surface area contributed by atoms with Crippen LogP contribution in [0.3, 0.4) is 0 Å². The fraction of sp³-hybridized carbons (Fsp3) is 0.0769. The van der Waals surface area contributed by atoms with E-state index in [-0.39, 0.29) is 11.3 Å². The quantitative estimate of drug-likeness (QED) is 0.668. The zero-order valence-corrected chi connectivity index (χ0v) is 11.9. The van der Waals surface area contributed by atoms with E-state index in [4.69, 9.17) is 4.42 Å². The normalized spacial score (nSPS) is 11.8. The summed E-state index contributed by atoms with van der Waals surface area (Å²) in [7, 11) is 0. The first-order chi connectivity index (χ1) is 9.88. The number of amides is 1. The first kappa shape index (κ1) is 15.3. The zero-order chi connectivity index (χ0) is 15.5. The van der Waals surface area contributed by atoms with Crippen molar-refractivity contribution in [3.05, 3.63) is 58.0 Å². The molecule has 2 aromatic rings. The molecule has 110 valence electrons. The Hall–Kier alpha value is -2.09. The summed E-state index contributed by atoms with van der Waals surface area (Å²) < 4.78 is 43.5. The SMILES string of the molecule is O=C(NN=Cc1ccccc1C(F)(F)F)c1ccc(Br)o1. The molecule has 0 bridgehead atoms. The first-order valence-corrected chi connectivity index (χ1v) is 6.42. The van der Waals surface area contributed by atoms with Gasteiger partial charge in [0.25, 0.3) is 0 Å². The highest BCUT2D eigenvalue weighted by molar-refractivity contribution is 9.10. The summed E-state index contributed by atoms with van der Waals surface area (Å²) in [5.74, 6) is -0.676. The van der Waals surface area contributed by atoms with Crippen LogP contribution in [0.25, 0.3) is 0 Å². The predicted molar refractivity (Wildman–Crippen MR) is 72.9 cm³/mol. The molecular formula is C13H8BrF3N2O2. The topological polar surface area (TPSA) is 54.6 Å². The van der Waals surface area contributed by atoms with Crippen LogP contribution >= 0.6 is 15.9 Å². The maximum absolute atomic E-state index is 12.7. The Morgan fingerprint density at radius 3 is 2.57 bits per heavy atom. The molecule has 0 aliphatic rings. The number of alkyl halides is 3. The number of nitrogens with one attached hydrogen (secondary N) is 1. The van der Waals surface area contributed by atoms with Crippen LogP contribution in [0, 0.1) is 0 Å². The zero-order valence-electron chi connectivity index (χ0n) is 10.3. The maximum Gasteiger partial charge on any atom is 0.417 e. The van der Waals surface area contributed by atoms with Gasteiger partial charge in [-0.1, -0.05) is 18.2 Å². The summed E-state index contributed by atoms with van der Waals surface area (Å²) in [6.45, 7) is 0. The minimum absolute atomic E-state index is 0.0110. The second kappa shape index (κ2) is 6.13. The average molecular weight is 361 g/mol. The van der Waals surface area contributed by atoms with E-state index in [9.17, 15) is 18.0 Å². The van der Waals surface area contributed by atoms with Gasteiger partial charge in [0.15, 0.2) is 10.4 Å². The van der Waals surface area contributed by atoms with E-state index in [0.29, 0.717) is 4.67 Å². The van der Waals surface area contributed by atoms with Crippen molar-refractivity contribution in [2.45, 2.75) is 6.18 Å². The van der Waals surface area contributed by atoms with Crippen molar-refractivity contribution in [3.63, 3.8) is 0 Å². The maximum atomic E-state index is 12.7. The van der Waals surface area contributed by atoms with E-state index in [0.717, 1.165) is 12.3 Å². The van der Waals surface area contributed by atoms with Crippen LogP contribution in [-0.4, -0.2) is 12.1 Å². The second-order valence-corrected chi connectivity index (χ2v) is 4.67. The monoisotopic (exact) mass is 360 g/mol. The van der Waals surface area contributed by atoms with E-state index in [1.54, 1.807) is 0 Å². The van der Waals surface area contributed by atoms with E-state index in [2.05, 4.69) is 26.5 Å². The molecule has 8 heteroatoms. The van der Waals surface area contributed by atoms with Gasteiger partial charge in [-0.25, -0.2) is 5.43 Å². The van der Waals surface area contributed by atoms with E-state index >= 15 is 0 Å². The molecule has 0 saturated carbocycles. The van der Waals surface area contributed by atoms with Crippen molar-refractivity contribution in [2.75, 3.05) is 0 Å². The lowest BCUT2D eigenvalue weighted by Gasteiger charge is -2.09. The van der Waals surface area contributed by atoms with Crippen molar-refractivity contribution in [2.24, 2.45) is 5.10 Å². The number of hydrogen-bond donors (Lipinski definition) is 1. The Morgan fingerprint density at radius 1 is 1.24 bits per heavy atom. The minimum atomic E-state index is -4.49. The lowest BCUT2D eigenvalue weighted by molar-refractivity contribution is -0.137. The number of furan rings is 1. The Balaban J connectivity index is 2.10. The fourth-order valence-electron chi connectivity index (χ4n) is 1.52. The molecule has 0 radical (unpaired) electrons. The van der Waals surface area contributed by atoms with Crippen LogP contribution in [0.4, 0.5) is 13.2 Å². The lowest BCUT2D eigenvalue weighted by Crippen LogP contribution is -2.17. The summed E-state index contributed by atoms with van der Waals surface area (Å²) in [5, 5.41) is 3.50. The van der Waals surface area contributed by atoms with Crippen molar-refractivity contribution in [1.29, 1.82) is 0 Å². The molecule has 1 amide bonds. The Bertz CT molecular complexity index is 680. The highest BCUT2D eigenvalue weighted by atomic mass is 79.9. The molecule has 1 aromatic heterocycles. The number of benzene rings is 1. The molecule has 1 aromatic carbocycles. The van der Waals surface area contributed by atoms with E-state index in [1.807, 2.05) is 0 Å². The first-order valence-electron chi connectivity index (χ1n) is 5.63. The van der Waals surface area contributed by atoms with Crippen molar-refractivity contribution < 1.29 is 22.4 Å². The number of hydrazone groups is 1. The van der Waals surface area contributed by atoms with Crippen LogP contribution in [0.15, 0.2) is 50.6 Å². The third kappa shape index (κ3) is 3.94. The van der Waals surface area contributed by atoms with Gasteiger partial charge in [0, 0.05) is 5.56 Å². The molecule has 1 heterocycles. The summed E-state index contributed by atoms with van der Waals surface area (Å²) >= 11 is 3.03. The van der Waals surface area contributed by atoms with Crippen LogP contribution < -0.4 is 5.43 Å². The lowest BCUT2D eigenvalue weighted by atomic mass is 10.1. The largest absolute Gasteiger partial charge is 0.444 e. The Labute approximate surface area is 125 Å². The summed E-state index contributed by atoms with van der Waals surface area (Å²) in [6.07, 6.45) is -3.56. The van der Waals surface area contributed by atoms with Crippen LogP contribution in [-0.2, 0) is 6.18 Å². The van der Waals surface area contributed by atoms with Gasteiger partial charge < -0.3 is 4.42 Å². The number of halogens is 4. The number of carbonyl (C=O) groups is 1. The molecular weight excluding hydrogens is 353 g/mol. The van der Waals surface area contributed by atoms with Crippen molar-refractivity contribution in [3.8, 4) is 0 Å². The standard InChI is InChI=1S/C13H8BrF3N2O2/c14-11-6-5-10(21-11)12(20)19-18-7-8-3-1-2-4-9(8)13(15,16)17/h1-7H,(H,19,20). The molecule has 21 heavy (non-hydrogen) atoms. The van der Waals surface area contributed by atoms with E-state index < -0.39 is 17.6 Å². The third-order valence-corrected chi connectivity index (χ3v) is 2.86. The molecule has 0 aliphatic heterocycles. The molecule has 0 spiro atoms. The summed E-state index contributed by atoms with van der Waals surface area (Å²) in [4.78, 5) is 11.6. The van der Waals surface area contributed by atoms with E-state index in [1.165, 1.54) is 30.3 Å². The fourth-order valence-corrected chi connectivity index (χ4v) is 1.83. The summed E-state index contributed by atoms with van der Waals surface area (Å²) in [5.41, 5.74) is 1.11. The minimum Gasteiger partial charge on any atom is -0.444 e. The molecule has 1 N–H and O–H groups in total. The van der Waals surface area contributed by atoms with Crippen molar-refractivity contribution >= 4 is 28.1 Å². The Morgan fingerprint density at radius 2 is 1.95 bits per heavy atom. The smallest absolute Gasteiger partial charge is 0.417 e. The number of nitrogens with zero attached hydrogens (tertiary/aromatic N) is 1. The highest BCUT2D eigenvalue weighted by Gasteiger charge is 2.32. The van der Waals surface area contributed by atoms with Gasteiger partial charge >= 0.3 is 12.1 Å². The number of hydrogen-bond acceptors (Lipinski definition) is 3. The average Bonchev–Trinajstić information content (AvgIpc) is 2.85. The van der Waals surface area contributed by atoms with Gasteiger partial charge in [0.1, 0.15) is 0 Å². The molecule has 0 aliphatic carbocycles. The molecule has 4 nitrogen and oxygen atoms in total. The predicted octanol–water partition coefficient (Wildman–Crippen LogP) is 3.82. The van der Waals surface area contributed by atoms with Crippen molar-refractivity contribution in [1.82, 2.24) is 5.43 Å². The number of carbonyl (C=O) groups excluding carboxylic acids is 1.